The van der Waals surface area contributed by atoms with Gasteiger partial charge >= 0.3 is 0 Å². The second-order valence-electron chi connectivity index (χ2n) is 5.12. The number of fused-ring (bicyclic) bond motifs is 1. The number of aryl methyl sites for hydroxylation is 1. The zero-order chi connectivity index (χ0) is 17.0. The topological polar surface area (TPSA) is 56.0 Å². The highest BCUT2D eigenvalue weighted by Crippen LogP contribution is 2.31. The van der Waals surface area contributed by atoms with E-state index in [0.717, 1.165) is 25.7 Å². The maximum atomic E-state index is 11.0. The van der Waals surface area contributed by atoms with Gasteiger partial charge in [-0.25, -0.2) is 4.98 Å². The van der Waals surface area contributed by atoms with Crippen LogP contribution in [0.25, 0.3) is 10.2 Å². The molecular formula is C16H15ClN2O2S2. The van der Waals surface area contributed by atoms with Gasteiger partial charge in [-0.05, 0) is 43.9 Å². The van der Waals surface area contributed by atoms with Gasteiger partial charge in [-0.2, -0.15) is 0 Å². The van der Waals surface area contributed by atoms with Gasteiger partial charge in [-0.1, -0.05) is 35.0 Å². The maximum Gasteiger partial charge on any atom is 0.270 e. The normalized spacial score (nSPS) is 12.5. The molecular weight excluding hydrogens is 352 g/mol. The molecule has 0 aliphatic carbocycles. The van der Waals surface area contributed by atoms with Crippen LogP contribution in [0.15, 0.2) is 56.4 Å². The molecule has 0 fully saturated rings. The Bertz CT molecular complexity index is 834. The minimum atomic E-state index is -0.450. The number of allylic oxidation sites excluding steroid dienone is 4. The Morgan fingerprint density at radius 3 is 2.78 bits per heavy atom. The number of hydrogen-bond acceptors (Lipinski definition) is 5. The molecule has 1 aromatic heterocycles. The lowest BCUT2D eigenvalue weighted by Gasteiger charge is -1.94. The first-order valence-electron chi connectivity index (χ1n) is 6.75. The summed E-state index contributed by atoms with van der Waals surface area (Å²) >= 11 is 9.01. The van der Waals surface area contributed by atoms with Gasteiger partial charge in [0.25, 0.3) is 5.70 Å². The molecule has 1 heterocycles. The molecule has 0 saturated carbocycles. The molecule has 0 aliphatic rings. The van der Waals surface area contributed by atoms with Crippen molar-refractivity contribution in [2.75, 3.05) is 0 Å². The second-order valence-corrected chi connectivity index (χ2v) is 7.70. The fourth-order valence-corrected chi connectivity index (χ4v) is 3.75. The summed E-state index contributed by atoms with van der Waals surface area (Å²) in [6, 6.07) is 6.11. The van der Waals surface area contributed by atoms with E-state index < -0.39 is 4.92 Å². The number of benzene rings is 1. The van der Waals surface area contributed by atoms with Crippen LogP contribution in [0.2, 0.25) is 0 Å². The van der Waals surface area contributed by atoms with Crippen LogP contribution in [0, 0.1) is 17.0 Å². The van der Waals surface area contributed by atoms with Crippen molar-refractivity contribution in [3.8, 4) is 0 Å². The summed E-state index contributed by atoms with van der Waals surface area (Å²) in [5.74, 6) is 0. The number of rotatable bonds is 5. The molecule has 120 valence electrons. The van der Waals surface area contributed by atoms with E-state index in [2.05, 4.69) is 4.98 Å². The minimum Gasteiger partial charge on any atom is -0.258 e. The van der Waals surface area contributed by atoms with Gasteiger partial charge in [0.15, 0.2) is 4.34 Å². The molecule has 0 bridgehead atoms. The van der Waals surface area contributed by atoms with Gasteiger partial charge in [0.05, 0.1) is 20.2 Å². The molecule has 4 nitrogen and oxygen atoms in total. The third-order valence-electron chi connectivity index (χ3n) is 2.73. The van der Waals surface area contributed by atoms with Gasteiger partial charge in [0.1, 0.15) is 0 Å². The summed E-state index contributed by atoms with van der Waals surface area (Å²) in [5, 5.41) is 12.9. The zero-order valence-electron chi connectivity index (χ0n) is 12.9. The average molecular weight is 367 g/mol. The predicted octanol–water partition coefficient (Wildman–Crippen LogP) is 5.90. The number of thiazole rings is 1. The van der Waals surface area contributed by atoms with Gasteiger partial charge in [0, 0.05) is 12.2 Å². The molecule has 0 unspecified atom stereocenters. The lowest BCUT2D eigenvalue weighted by atomic mass is 10.2. The number of thioether (sulfide) groups is 1. The second kappa shape index (κ2) is 7.77. The van der Waals surface area contributed by atoms with Crippen molar-refractivity contribution < 1.29 is 4.92 Å². The van der Waals surface area contributed by atoms with E-state index in [0.29, 0.717) is 5.03 Å². The fraction of sp³-hybridized carbons (Fsp3) is 0.188. The zero-order valence-corrected chi connectivity index (χ0v) is 15.3. The summed E-state index contributed by atoms with van der Waals surface area (Å²) in [5.41, 5.74) is 2.92. The molecule has 0 spiro atoms. The van der Waals surface area contributed by atoms with E-state index >= 15 is 0 Å². The predicted molar refractivity (Wildman–Crippen MR) is 98.7 cm³/mol. The summed E-state index contributed by atoms with van der Waals surface area (Å²) in [4.78, 5) is 15.1. The number of nitro groups is 1. The van der Waals surface area contributed by atoms with Gasteiger partial charge < -0.3 is 0 Å². The van der Waals surface area contributed by atoms with Crippen molar-refractivity contribution in [2.45, 2.75) is 25.1 Å². The molecule has 2 rings (SSSR count). The van der Waals surface area contributed by atoms with Crippen molar-refractivity contribution in [1.29, 1.82) is 0 Å². The average Bonchev–Trinajstić information content (AvgIpc) is 2.85. The van der Waals surface area contributed by atoms with E-state index in [4.69, 9.17) is 11.6 Å². The van der Waals surface area contributed by atoms with E-state index in [1.165, 1.54) is 23.9 Å². The molecule has 1 aromatic carbocycles. The third kappa shape index (κ3) is 5.20. The Labute approximate surface area is 147 Å². The Morgan fingerprint density at radius 2 is 2.13 bits per heavy atom. The number of nitrogens with zero attached hydrogens (tertiary/aromatic N) is 2. The lowest BCUT2D eigenvalue weighted by molar-refractivity contribution is -0.419. The van der Waals surface area contributed by atoms with Crippen molar-refractivity contribution >= 4 is 44.9 Å². The van der Waals surface area contributed by atoms with Crippen molar-refractivity contribution in [3.63, 3.8) is 0 Å². The highest BCUT2D eigenvalue weighted by Gasteiger charge is 2.08. The van der Waals surface area contributed by atoms with Crippen LogP contribution in [0.4, 0.5) is 0 Å². The Hall–Kier alpha value is -1.63. The monoisotopic (exact) mass is 366 g/mol. The van der Waals surface area contributed by atoms with Gasteiger partial charge in [0.2, 0.25) is 0 Å². The summed E-state index contributed by atoms with van der Waals surface area (Å²) in [6.45, 7) is 5.62. The van der Waals surface area contributed by atoms with Crippen LogP contribution in [-0.4, -0.2) is 9.91 Å². The van der Waals surface area contributed by atoms with E-state index in [1.807, 2.05) is 25.1 Å². The minimum absolute atomic E-state index is 0.0354. The molecule has 0 amide bonds. The largest absolute Gasteiger partial charge is 0.270 e. The highest BCUT2D eigenvalue weighted by molar-refractivity contribution is 8.03. The van der Waals surface area contributed by atoms with Crippen molar-refractivity contribution in [1.82, 2.24) is 4.98 Å². The van der Waals surface area contributed by atoms with Crippen molar-refractivity contribution in [3.05, 3.63) is 67.7 Å². The van der Waals surface area contributed by atoms with Crippen LogP contribution in [0.3, 0.4) is 0 Å². The first-order chi connectivity index (χ1) is 10.8. The first-order valence-corrected chi connectivity index (χ1v) is 8.83. The summed E-state index contributed by atoms with van der Waals surface area (Å²) in [6.07, 6.45) is 2.83. The number of hydrogen-bond donors (Lipinski definition) is 0. The quantitative estimate of drug-likeness (QED) is 0.286. The van der Waals surface area contributed by atoms with Crippen LogP contribution in [-0.2, 0) is 0 Å². The van der Waals surface area contributed by atoms with Crippen LogP contribution < -0.4 is 0 Å². The number of halogens is 1. The number of aromatic nitrogens is 1. The highest BCUT2D eigenvalue weighted by atomic mass is 35.5. The summed E-state index contributed by atoms with van der Waals surface area (Å²) < 4.78 is 1.95. The first kappa shape index (κ1) is 17.7. The maximum absolute atomic E-state index is 11.0. The van der Waals surface area contributed by atoms with Crippen LogP contribution >= 0.6 is 34.7 Å². The van der Waals surface area contributed by atoms with Gasteiger partial charge in [-0.15, -0.1) is 11.3 Å². The standard InChI is InChI=1S/C16H15ClN2O2S2/c1-10(2)6-13(19(20)21)8-12(17)9-22-16-18-14-7-11(3)4-5-15(14)23-16/h4-9H,1-3H3/b12-9-,13-8+. The Balaban J connectivity index is 2.19. The van der Waals surface area contributed by atoms with Crippen LogP contribution in [0.5, 0.6) is 0 Å². The third-order valence-corrected chi connectivity index (χ3v) is 5.11. The molecule has 0 aliphatic heterocycles. The Morgan fingerprint density at radius 1 is 1.39 bits per heavy atom. The van der Waals surface area contributed by atoms with E-state index in [-0.39, 0.29) is 5.70 Å². The van der Waals surface area contributed by atoms with Gasteiger partial charge in [-0.3, -0.25) is 10.1 Å². The van der Waals surface area contributed by atoms with E-state index in [9.17, 15) is 10.1 Å². The van der Waals surface area contributed by atoms with E-state index in [1.54, 1.807) is 30.6 Å². The molecule has 0 atom stereocenters. The smallest absolute Gasteiger partial charge is 0.258 e. The summed E-state index contributed by atoms with van der Waals surface area (Å²) in [7, 11) is 0. The fourth-order valence-electron chi connectivity index (χ4n) is 1.79. The molecule has 2 aromatic rings. The molecule has 0 radical (unpaired) electrons. The Kier molecular flexibility index (Phi) is 5.98. The van der Waals surface area contributed by atoms with Crippen LogP contribution in [0.1, 0.15) is 19.4 Å². The lowest BCUT2D eigenvalue weighted by Crippen LogP contribution is -1.95. The molecule has 0 saturated heterocycles. The van der Waals surface area contributed by atoms with Crippen molar-refractivity contribution in [2.24, 2.45) is 0 Å². The SMILES string of the molecule is CC(C)=C/C(=C\C(Cl)=C\Sc1nc2cc(C)ccc2s1)[N+](=O)[O-]. The molecule has 7 heteroatoms. The molecule has 0 N–H and O–H groups in total. The molecule has 23 heavy (non-hydrogen) atoms.